The second-order valence-electron chi connectivity index (χ2n) is 5.11. The average molecular weight is 212 g/mol. The van der Waals surface area contributed by atoms with Crippen LogP contribution in [0.3, 0.4) is 0 Å². The van der Waals surface area contributed by atoms with Gasteiger partial charge in [-0.05, 0) is 45.1 Å². The van der Waals surface area contributed by atoms with Gasteiger partial charge >= 0.3 is 0 Å². The van der Waals surface area contributed by atoms with Gasteiger partial charge in [-0.2, -0.15) is 0 Å². The minimum atomic E-state index is 0.427. The highest BCUT2D eigenvalue weighted by molar-refractivity contribution is 4.86. The Morgan fingerprint density at radius 3 is 2.47 bits per heavy atom. The summed E-state index contributed by atoms with van der Waals surface area (Å²) in [6.45, 7) is 9.20. The number of rotatable bonds is 8. The minimum absolute atomic E-state index is 0.427. The maximum absolute atomic E-state index is 6.20. The molecule has 0 aromatic carbocycles. The predicted octanol–water partition coefficient (Wildman–Crippen LogP) is 2.62. The minimum Gasteiger partial charge on any atom is -0.326 e. The SMILES string of the molecule is CCCCN(CC(N)C1CC1)C(C)CC. The summed E-state index contributed by atoms with van der Waals surface area (Å²) >= 11 is 0. The summed E-state index contributed by atoms with van der Waals surface area (Å²) in [6, 6.07) is 1.12. The molecule has 2 N–H and O–H groups in total. The quantitative estimate of drug-likeness (QED) is 0.670. The number of nitrogens with zero attached hydrogens (tertiary/aromatic N) is 1. The lowest BCUT2D eigenvalue weighted by Gasteiger charge is -2.30. The van der Waals surface area contributed by atoms with Crippen LogP contribution in [-0.4, -0.2) is 30.1 Å². The van der Waals surface area contributed by atoms with Gasteiger partial charge in [0.1, 0.15) is 0 Å². The second-order valence-corrected chi connectivity index (χ2v) is 5.11. The zero-order valence-electron chi connectivity index (χ0n) is 10.7. The summed E-state index contributed by atoms with van der Waals surface area (Å²) in [7, 11) is 0. The monoisotopic (exact) mass is 212 g/mol. The number of unbranched alkanes of at least 4 members (excludes halogenated alkanes) is 1. The first-order valence-electron chi connectivity index (χ1n) is 6.68. The second kappa shape index (κ2) is 6.49. The summed E-state index contributed by atoms with van der Waals surface area (Å²) in [4.78, 5) is 2.59. The maximum atomic E-state index is 6.20. The molecule has 90 valence electrons. The molecular weight excluding hydrogens is 184 g/mol. The third-order valence-electron chi connectivity index (χ3n) is 3.69. The molecular formula is C13H28N2. The Bertz CT molecular complexity index is 166. The van der Waals surface area contributed by atoms with Gasteiger partial charge in [0.2, 0.25) is 0 Å². The van der Waals surface area contributed by atoms with Crippen molar-refractivity contribution in [3.8, 4) is 0 Å². The van der Waals surface area contributed by atoms with Crippen molar-refractivity contribution >= 4 is 0 Å². The Morgan fingerprint density at radius 1 is 1.33 bits per heavy atom. The van der Waals surface area contributed by atoms with Gasteiger partial charge < -0.3 is 5.73 Å². The first kappa shape index (κ1) is 13.0. The molecule has 0 radical (unpaired) electrons. The molecule has 2 unspecified atom stereocenters. The van der Waals surface area contributed by atoms with E-state index < -0.39 is 0 Å². The maximum Gasteiger partial charge on any atom is 0.0196 e. The van der Waals surface area contributed by atoms with E-state index in [-0.39, 0.29) is 0 Å². The van der Waals surface area contributed by atoms with E-state index in [0.29, 0.717) is 12.1 Å². The highest BCUT2D eigenvalue weighted by atomic mass is 15.2. The Hall–Kier alpha value is -0.0800. The van der Waals surface area contributed by atoms with Crippen LogP contribution in [0.5, 0.6) is 0 Å². The summed E-state index contributed by atoms with van der Waals surface area (Å²) < 4.78 is 0. The van der Waals surface area contributed by atoms with Gasteiger partial charge in [-0.15, -0.1) is 0 Å². The van der Waals surface area contributed by atoms with Gasteiger partial charge in [0.15, 0.2) is 0 Å². The molecule has 0 amide bonds. The molecule has 0 spiro atoms. The van der Waals surface area contributed by atoms with E-state index >= 15 is 0 Å². The van der Waals surface area contributed by atoms with E-state index in [2.05, 4.69) is 25.7 Å². The first-order chi connectivity index (χ1) is 7.19. The highest BCUT2D eigenvalue weighted by Gasteiger charge is 2.30. The van der Waals surface area contributed by atoms with Crippen molar-refractivity contribution in [2.24, 2.45) is 11.7 Å². The van der Waals surface area contributed by atoms with Crippen molar-refractivity contribution < 1.29 is 0 Å². The molecule has 0 aromatic rings. The van der Waals surface area contributed by atoms with Gasteiger partial charge in [-0.1, -0.05) is 20.3 Å². The van der Waals surface area contributed by atoms with Crippen LogP contribution in [-0.2, 0) is 0 Å². The van der Waals surface area contributed by atoms with Crippen LogP contribution in [0, 0.1) is 5.92 Å². The van der Waals surface area contributed by atoms with E-state index in [9.17, 15) is 0 Å². The molecule has 2 heteroatoms. The van der Waals surface area contributed by atoms with E-state index in [1.807, 2.05) is 0 Å². The van der Waals surface area contributed by atoms with Crippen LogP contribution < -0.4 is 5.73 Å². The van der Waals surface area contributed by atoms with Crippen LogP contribution in [0.25, 0.3) is 0 Å². The Balaban J connectivity index is 2.32. The zero-order chi connectivity index (χ0) is 11.3. The van der Waals surface area contributed by atoms with Crippen molar-refractivity contribution in [1.82, 2.24) is 4.90 Å². The van der Waals surface area contributed by atoms with Crippen LogP contribution in [0.2, 0.25) is 0 Å². The third-order valence-corrected chi connectivity index (χ3v) is 3.69. The summed E-state index contributed by atoms with van der Waals surface area (Å²) in [5, 5.41) is 0. The molecule has 0 aliphatic heterocycles. The zero-order valence-corrected chi connectivity index (χ0v) is 10.7. The molecule has 2 nitrogen and oxygen atoms in total. The predicted molar refractivity (Wildman–Crippen MR) is 66.9 cm³/mol. The van der Waals surface area contributed by atoms with Crippen molar-refractivity contribution in [2.75, 3.05) is 13.1 Å². The van der Waals surface area contributed by atoms with E-state index in [1.54, 1.807) is 0 Å². The lowest BCUT2D eigenvalue weighted by Crippen LogP contribution is -2.43. The molecule has 0 saturated heterocycles. The van der Waals surface area contributed by atoms with Crippen LogP contribution >= 0.6 is 0 Å². The molecule has 2 atom stereocenters. The first-order valence-corrected chi connectivity index (χ1v) is 6.68. The van der Waals surface area contributed by atoms with Gasteiger partial charge in [0, 0.05) is 18.6 Å². The largest absolute Gasteiger partial charge is 0.326 e. The number of hydrogen-bond acceptors (Lipinski definition) is 2. The highest BCUT2D eigenvalue weighted by Crippen LogP contribution is 2.32. The van der Waals surface area contributed by atoms with Crippen molar-refractivity contribution in [1.29, 1.82) is 0 Å². The van der Waals surface area contributed by atoms with Crippen molar-refractivity contribution in [2.45, 2.75) is 65.0 Å². The van der Waals surface area contributed by atoms with Gasteiger partial charge in [-0.25, -0.2) is 0 Å². The fourth-order valence-electron chi connectivity index (χ4n) is 2.06. The fraction of sp³-hybridized carbons (Fsp3) is 1.00. The van der Waals surface area contributed by atoms with Crippen LogP contribution in [0.1, 0.15) is 52.9 Å². The molecule has 1 fully saturated rings. The van der Waals surface area contributed by atoms with Gasteiger partial charge in [0.05, 0.1) is 0 Å². The topological polar surface area (TPSA) is 29.3 Å². The number of nitrogens with two attached hydrogens (primary N) is 1. The van der Waals surface area contributed by atoms with Crippen LogP contribution in [0.15, 0.2) is 0 Å². The molecule has 1 rings (SSSR count). The fourth-order valence-corrected chi connectivity index (χ4v) is 2.06. The summed E-state index contributed by atoms with van der Waals surface area (Å²) in [5.74, 6) is 0.832. The molecule has 1 saturated carbocycles. The molecule has 15 heavy (non-hydrogen) atoms. The number of hydrogen-bond donors (Lipinski definition) is 1. The summed E-state index contributed by atoms with van der Waals surface area (Å²) in [5.41, 5.74) is 6.20. The van der Waals surface area contributed by atoms with E-state index in [4.69, 9.17) is 5.73 Å². The lowest BCUT2D eigenvalue weighted by molar-refractivity contribution is 0.184. The summed E-state index contributed by atoms with van der Waals surface area (Å²) in [6.07, 6.45) is 6.56. The molecule has 0 heterocycles. The van der Waals surface area contributed by atoms with Gasteiger partial charge in [-0.3, -0.25) is 4.90 Å². The van der Waals surface area contributed by atoms with Crippen LogP contribution in [0.4, 0.5) is 0 Å². The molecule has 0 aromatic heterocycles. The molecule has 0 bridgehead atoms. The van der Waals surface area contributed by atoms with Crippen molar-refractivity contribution in [3.05, 3.63) is 0 Å². The Kier molecular flexibility index (Phi) is 5.62. The normalized spacial score (nSPS) is 20.6. The third kappa shape index (κ3) is 4.52. The Labute approximate surface area is 95.2 Å². The molecule has 1 aliphatic rings. The van der Waals surface area contributed by atoms with Gasteiger partial charge in [0.25, 0.3) is 0 Å². The Morgan fingerprint density at radius 2 is 2.00 bits per heavy atom. The smallest absolute Gasteiger partial charge is 0.0196 e. The van der Waals surface area contributed by atoms with Crippen molar-refractivity contribution in [3.63, 3.8) is 0 Å². The average Bonchev–Trinajstić information content (AvgIpc) is 3.06. The lowest BCUT2D eigenvalue weighted by atomic mass is 10.1. The van der Waals surface area contributed by atoms with E-state index in [0.717, 1.165) is 12.5 Å². The standard InChI is InChI=1S/C13H28N2/c1-4-6-9-15(11(3)5-2)10-13(14)12-7-8-12/h11-13H,4-10,14H2,1-3H3. The van der Waals surface area contributed by atoms with E-state index in [1.165, 1.54) is 38.6 Å². The molecule has 1 aliphatic carbocycles.